The van der Waals surface area contributed by atoms with E-state index in [-0.39, 0.29) is 5.63 Å². The van der Waals surface area contributed by atoms with Gasteiger partial charge in [0.2, 0.25) is 0 Å². The van der Waals surface area contributed by atoms with Gasteiger partial charge in [-0.15, -0.1) is 23.1 Å². The van der Waals surface area contributed by atoms with Gasteiger partial charge in [0, 0.05) is 22.6 Å². The average Bonchev–Trinajstić information content (AvgIpc) is 3.07. The summed E-state index contributed by atoms with van der Waals surface area (Å²) in [5, 5.41) is 5.03. The highest BCUT2D eigenvalue weighted by atomic mass is 32.2. The molecule has 0 unspecified atom stereocenters. The van der Waals surface area contributed by atoms with Crippen LogP contribution in [0.2, 0.25) is 0 Å². The summed E-state index contributed by atoms with van der Waals surface area (Å²) in [6, 6.07) is 7.77. The van der Waals surface area contributed by atoms with E-state index in [2.05, 4.69) is 36.8 Å². The highest BCUT2D eigenvalue weighted by molar-refractivity contribution is 7.98. The van der Waals surface area contributed by atoms with E-state index in [1.165, 1.54) is 5.56 Å². The molecule has 6 heteroatoms. The molecule has 0 saturated carbocycles. The van der Waals surface area contributed by atoms with Crippen molar-refractivity contribution in [3.63, 3.8) is 0 Å². The second-order valence-corrected chi connectivity index (χ2v) is 8.42. The molecule has 4 aromatic rings. The maximum Gasteiger partial charge on any atom is 0.336 e. The second-order valence-electron chi connectivity index (χ2n) is 6.56. The predicted molar refractivity (Wildman–Crippen MR) is 108 cm³/mol. The van der Waals surface area contributed by atoms with E-state index in [0.29, 0.717) is 17.3 Å². The Labute approximate surface area is 159 Å². The van der Waals surface area contributed by atoms with Crippen LogP contribution in [0.1, 0.15) is 36.5 Å². The lowest BCUT2D eigenvalue weighted by atomic mass is 9.95. The smallest absolute Gasteiger partial charge is 0.336 e. The number of hydrogen-bond donors (Lipinski definition) is 0. The van der Waals surface area contributed by atoms with Gasteiger partial charge in [0.15, 0.2) is 0 Å². The van der Waals surface area contributed by atoms with Crippen molar-refractivity contribution < 1.29 is 4.42 Å². The SMILES string of the molecule is Cc1cc2oc(=O)cc(CSc3ncnc4sccc34)c2cc1C(C)C. The molecule has 0 bridgehead atoms. The Hall–Kier alpha value is -2.18. The van der Waals surface area contributed by atoms with Gasteiger partial charge in [0.1, 0.15) is 21.8 Å². The summed E-state index contributed by atoms with van der Waals surface area (Å²) in [5.74, 6) is 1.07. The standard InChI is InChI=1S/C20H18N2O2S2/c1-11(2)15-8-16-13(7-18(23)24-17(16)6-12(15)3)9-26-20-14-4-5-25-19(14)21-10-22-20/h4-8,10-11H,9H2,1-3H3. The van der Waals surface area contributed by atoms with Gasteiger partial charge >= 0.3 is 5.63 Å². The number of aryl methyl sites for hydroxylation is 1. The van der Waals surface area contributed by atoms with Gasteiger partial charge in [-0.05, 0) is 53.1 Å². The molecule has 0 amide bonds. The van der Waals surface area contributed by atoms with Crippen molar-refractivity contribution in [2.24, 2.45) is 0 Å². The molecule has 0 N–H and O–H groups in total. The number of fused-ring (bicyclic) bond motifs is 2. The van der Waals surface area contributed by atoms with Gasteiger partial charge in [-0.25, -0.2) is 14.8 Å². The highest BCUT2D eigenvalue weighted by Crippen LogP contribution is 2.33. The van der Waals surface area contributed by atoms with Crippen molar-refractivity contribution in [1.82, 2.24) is 9.97 Å². The summed E-state index contributed by atoms with van der Waals surface area (Å²) in [6.07, 6.45) is 1.60. The summed E-state index contributed by atoms with van der Waals surface area (Å²) in [6.45, 7) is 6.41. The van der Waals surface area contributed by atoms with Gasteiger partial charge in [-0.1, -0.05) is 13.8 Å². The summed E-state index contributed by atoms with van der Waals surface area (Å²) >= 11 is 3.23. The van der Waals surface area contributed by atoms with Crippen molar-refractivity contribution in [3.8, 4) is 0 Å². The first-order valence-corrected chi connectivity index (χ1v) is 10.3. The quantitative estimate of drug-likeness (QED) is 0.264. The minimum atomic E-state index is -0.312. The van der Waals surface area contributed by atoms with E-state index in [1.54, 1.807) is 35.5 Å². The van der Waals surface area contributed by atoms with E-state index in [0.717, 1.165) is 31.8 Å². The third-order valence-electron chi connectivity index (χ3n) is 4.43. The molecular formula is C20H18N2O2S2. The topological polar surface area (TPSA) is 56.0 Å². The predicted octanol–water partition coefficient (Wildman–Crippen LogP) is 5.52. The maximum atomic E-state index is 12.0. The average molecular weight is 383 g/mol. The van der Waals surface area contributed by atoms with Crippen molar-refractivity contribution >= 4 is 44.3 Å². The second kappa shape index (κ2) is 6.85. The highest BCUT2D eigenvalue weighted by Gasteiger charge is 2.13. The summed E-state index contributed by atoms with van der Waals surface area (Å²) in [7, 11) is 0. The molecule has 4 nitrogen and oxygen atoms in total. The molecule has 0 saturated heterocycles. The Balaban J connectivity index is 1.77. The molecule has 0 spiro atoms. The largest absolute Gasteiger partial charge is 0.423 e. The zero-order valence-corrected chi connectivity index (χ0v) is 16.4. The molecule has 132 valence electrons. The monoisotopic (exact) mass is 382 g/mol. The normalized spacial score (nSPS) is 11.7. The fraction of sp³-hybridized carbons (Fsp3) is 0.250. The van der Waals surface area contributed by atoms with E-state index in [1.807, 2.05) is 17.5 Å². The van der Waals surface area contributed by atoms with Crippen molar-refractivity contribution in [3.05, 3.63) is 63.1 Å². The fourth-order valence-electron chi connectivity index (χ4n) is 3.16. The number of nitrogens with zero attached hydrogens (tertiary/aromatic N) is 2. The third-order valence-corrected chi connectivity index (χ3v) is 6.30. The number of rotatable bonds is 4. The van der Waals surface area contributed by atoms with E-state index in [4.69, 9.17) is 4.42 Å². The first-order chi connectivity index (χ1) is 12.5. The molecule has 4 rings (SSSR count). The van der Waals surface area contributed by atoms with Crippen LogP contribution in [0.25, 0.3) is 21.2 Å². The van der Waals surface area contributed by atoms with Crippen LogP contribution >= 0.6 is 23.1 Å². The van der Waals surface area contributed by atoms with Gasteiger partial charge in [0.25, 0.3) is 0 Å². The van der Waals surface area contributed by atoms with Crippen LogP contribution in [0.4, 0.5) is 0 Å². The minimum Gasteiger partial charge on any atom is -0.423 e. The van der Waals surface area contributed by atoms with Crippen LogP contribution in [-0.2, 0) is 5.75 Å². The van der Waals surface area contributed by atoms with E-state index < -0.39 is 0 Å². The Morgan fingerprint density at radius 1 is 1.19 bits per heavy atom. The first kappa shape index (κ1) is 17.2. The van der Waals surface area contributed by atoms with Gasteiger partial charge in [-0.3, -0.25) is 0 Å². The number of thioether (sulfide) groups is 1. The lowest BCUT2D eigenvalue weighted by molar-refractivity contribution is 0.559. The molecule has 3 heterocycles. The molecule has 1 aromatic carbocycles. The number of aromatic nitrogens is 2. The molecule has 0 aliphatic heterocycles. The van der Waals surface area contributed by atoms with Crippen LogP contribution in [0.3, 0.4) is 0 Å². The first-order valence-electron chi connectivity index (χ1n) is 8.41. The van der Waals surface area contributed by atoms with Crippen molar-refractivity contribution in [1.29, 1.82) is 0 Å². The van der Waals surface area contributed by atoms with Crippen molar-refractivity contribution in [2.75, 3.05) is 0 Å². The molecule has 0 atom stereocenters. The number of benzene rings is 1. The zero-order chi connectivity index (χ0) is 18.3. The maximum absolute atomic E-state index is 12.0. The van der Waals surface area contributed by atoms with Crippen LogP contribution in [0, 0.1) is 6.92 Å². The van der Waals surface area contributed by atoms with Gasteiger partial charge in [0.05, 0.1) is 0 Å². The fourth-order valence-corrected chi connectivity index (χ4v) is 4.93. The Kier molecular flexibility index (Phi) is 4.54. The number of thiophene rings is 1. The third kappa shape index (κ3) is 3.15. The minimum absolute atomic E-state index is 0.312. The molecular weight excluding hydrogens is 364 g/mol. The van der Waals surface area contributed by atoms with Crippen LogP contribution in [0.5, 0.6) is 0 Å². The van der Waals surface area contributed by atoms with Crippen LogP contribution in [-0.4, -0.2) is 9.97 Å². The van der Waals surface area contributed by atoms with Crippen molar-refractivity contribution in [2.45, 2.75) is 37.5 Å². The lowest BCUT2D eigenvalue weighted by Gasteiger charge is -2.13. The molecule has 0 fully saturated rings. The van der Waals surface area contributed by atoms with E-state index >= 15 is 0 Å². The zero-order valence-electron chi connectivity index (χ0n) is 14.8. The Bertz CT molecular complexity index is 1160. The van der Waals surface area contributed by atoms with Crippen LogP contribution < -0.4 is 5.63 Å². The molecule has 26 heavy (non-hydrogen) atoms. The number of hydrogen-bond acceptors (Lipinski definition) is 6. The molecule has 0 aliphatic carbocycles. The Morgan fingerprint density at radius 3 is 2.85 bits per heavy atom. The Morgan fingerprint density at radius 2 is 2.04 bits per heavy atom. The van der Waals surface area contributed by atoms with E-state index in [9.17, 15) is 4.79 Å². The van der Waals surface area contributed by atoms with Crippen LogP contribution in [0.15, 0.2) is 50.2 Å². The molecule has 0 radical (unpaired) electrons. The van der Waals surface area contributed by atoms with Gasteiger partial charge < -0.3 is 4.42 Å². The summed E-state index contributed by atoms with van der Waals surface area (Å²) in [5.41, 5.74) is 3.74. The summed E-state index contributed by atoms with van der Waals surface area (Å²) < 4.78 is 5.44. The molecule has 3 aromatic heterocycles. The summed E-state index contributed by atoms with van der Waals surface area (Å²) in [4.78, 5) is 21.7. The molecule has 0 aliphatic rings. The van der Waals surface area contributed by atoms with Gasteiger partial charge in [-0.2, -0.15) is 0 Å². The lowest BCUT2D eigenvalue weighted by Crippen LogP contribution is -2.02.